The number of carbonyl (C=O) groups is 1. The number of halogens is 1. The number of benzene rings is 1. The molecule has 1 aromatic rings. The largest absolute Gasteiger partial charge is 0.469 e. The summed E-state index contributed by atoms with van der Waals surface area (Å²) in [7, 11) is -2.60. The molecule has 0 saturated heterocycles. The number of nitrogens with one attached hydrogen (secondary N) is 1. The number of rotatable bonds is 5. The first-order valence-electron chi connectivity index (χ1n) is 5.84. The number of aliphatic hydroxyl groups excluding tert-OH is 1. The maximum Gasteiger partial charge on any atom is 0.306 e. The van der Waals surface area contributed by atoms with Crippen molar-refractivity contribution in [2.75, 3.05) is 24.2 Å². The Bertz CT molecular complexity index is 676. The Hall–Kier alpha value is -2.11. The predicted molar refractivity (Wildman–Crippen MR) is 74.4 cm³/mol. The van der Waals surface area contributed by atoms with Gasteiger partial charge in [0.15, 0.2) is 0 Å². The minimum Gasteiger partial charge on any atom is -0.469 e. The maximum atomic E-state index is 13.4. The molecule has 0 bridgehead atoms. The topological polar surface area (TPSA) is 92.7 Å². The van der Waals surface area contributed by atoms with Gasteiger partial charge in [0.25, 0.3) is 0 Å². The highest BCUT2D eigenvalue weighted by Crippen LogP contribution is 2.15. The van der Waals surface area contributed by atoms with Crippen molar-refractivity contribution in [1.29, 1.82) is 0 Å². The van der Waals surface area contributed by atoms with Gasteiger partial charge in [0.1, 0.15) is 12.4 Å². The molecule has 6 nitrogen and oxygen atoms in total. The summed E-state index contributed by atoms with van der Waals surface area (Å²) < 4.78 is 43.4. The van der Waals surface area contributed by atoms with Crippen molar-refractivity contribution in [2.24, 2.45) is 0 Å². The third-order valence-electron chi connectivity index (χ3n) is 2.34. The summed E-state index contributed by atoms with van der Waals surface area (Å²) in [6, 6.07) is 3.49. The van der Waals surface area contributed by atoms with E-state index >= 15 is 0 Å². The number of aliphatic hydroxyl groups is 1. The number of anilines is 1. The minimum absolute atomic E-state index is 0.0442. The minimum atomic E-state index is -3.76. The molecule has 0 unspecified atom stereocenters. The molecule has 2 N–H and O–H groups in total. The Labute approximate surface area is 122 Å². The van der Waals surface area contributed by atoms with E-state index in [2.05, 4.69) is 21.3 Å². The van der Waals surface area contributed by atoms with Crippen molar-refractivity contribution in [1.82, 2.24) is 0 Å². The van der Waals surface area contributed by atoms with Gasteiger partial charge >= 0.3 is 5.97 Å². The highest BCUT2D eigenvalue weighted by atomic mass is 32.2. The zero-order valence-corrected chi connectivity index (χ0v) is 12.0. The molecule has 0 radical (unpaired) electrons. The second-order valence-corrected chi connectivity index (χ2v) is 5.74. The van der Waals surface area contributed by atoms with Crippen LogP contribution in [-0.2, 0) is 19.6 Å². The molecule has 0 saturated carbocycles. The van der Waals surface area contributed by atoms with Gasteiger partial charge in [0.05, 0.1) is 24.8 Å². The lowest BCUT2D eigenvalue weighted by Gasteiger charge is -2.08. The van der Waals surface area contributed by atoms with Crippen LogP contribution in [0.5, 0.6) is 0 Å². The van der Waals surface area contributed by atoms with E-state index < -0.39 is 34.2 Å². The summed E-state index contributed by atoms with van der Waals surface area (Å²) in [6.07, 6.45) is -0.287. The zero-order chi connectivity index (χ0) is 15.9. The molecule has 21 heavy (non-hydrogen) atoms. The van der Waals surface area contributed by atoms with Gasteiger partial charge in [0.2, 0.25) is 10.0 Å². The predicted octanol–water partition coefficient (Wildman–Crippen LogP) is 0.474. The average molecular weight is 315 g/mol. The molecular formula is C13H14FNO5S. The molecule has 0 spiro atoms. The van der Waals surface area contributed by atoms with E-state index in [1.54, 1.807) is 0 Å². The summed E-state index contributed by atoms with van der Waals surface area (Å²) in [6.45, 7) is -0.436. The summed E-state index contributed by atoms with van der Waals surface area (Å²) in [5.74, 6) is 2.91. The quantitative estimate of drug-likeness (QED) is 0.609. The van der Waals surface area contributed by atoms with Gasteiger partial charge in [0, 0.05) is 5.69 Å². The normalized spacial score (nSPS) is 10.4. The van der Waals surface area contributed by atoms with Crippen LogP contribution in [0.3, 0.4) is 0 Å². The second kappa shape index (κ2) is 7.61. The molecule has 0 atom stereocenters. The van der Waals surface area contributed by atoms with Crippen LogP contribution in [0.25, 0.3) is 0 Å². The molecule has 114 valence electrons. The summed E-state index contributed by atoms with van der Waals surface area (Å²) >= 11 is 0. The van der Waals surface area contributed by atoms with Crippen LogP contribution in [0.15, 0.2) is 18.2 Å². The lowest BCUT2D eigenvalue weighted by Crippen LogP contribution is -2.19. The van der Waals surface area contributed by atoms with Crippen molar-refractivity contribution in [2.45, 2.75) is 6.42 Å². The van der Waals surface area contributed by atoms with Crippen LogP contribution in [0, 0.1) is 17.7 Å². The Kier molecular flexibility index (Phi) is 6.14. The fourth-order valence-corrected chi connectivity index (χ4v) is 2.39. The van der Waals surface area contributed by atoms with Gasteiger partial charge in [-0.2, -0.15) is 0 Å². The van der Waals surface area contributed by atoms with E-state index in [1.807, 2.05) is 0 Å². The van der Waals surface area contributed by atoms with Crippen molar-refractivity contribution < 1.29 is 27.4 Å². The molecule has 0 fully saturated rings. The van der Waals surface area contributed by atoms with Crippen LogP contribution in [-0.4, -0.2) is 39.0 Å². The molecule has 0 heterocycles. The van der Waals surface area contributed by atoms with Crippen LogP contribution in [0.1, 0.15) is 12.0 Å². The van der Waals surface area contributed by atoms with E-state index in [0.29, 0.717) is 0 Å². The Morgan fingerprint density at radius 3 is 2.81 bits per heavy atom. The van der Waals surface area contributed by atoms with Crippen LogP contribution in [0.4, 0.5) is 10.1 Å². The number of ether oxygens (including phenoxy) is 1. The highest BCUT2D eigenvalue weighted by Gasteiger charge is 2.14. The summed E-state index contributed by atoms with van der Waals surface area (Å²) in [5, 5.41) is 8.57. The monoisotopic (exact) mass is 315 g/mol. The molecule has 0 amide bonds. The Morgan fingerprint density at radius 2 is 2.19 bits per heavy atom. The van der Waals surface area contributed by atoms with Crippen molar-refractivity contribution >= 4 is 21.7 Å². The van der Waals surface area contributed by atoms with E-state index in [4.69, 9.17) is 5.11 Å². The van der Waals surface area contributed by atoms with Crippen molar-refractivity contribution in [3.8, 4) is 11.8 Å². The summed E-state index contributed by atoms with van der Waals surface area (Å²) in [5.41, 5.74) is 0.0701. The first kappa shape index (κ1) is 16.9. The van der Waals surface area contributed by atoms with Gasteiger partial charge in [-0.25, -0.2) is 12.8 Å². The maximum absolute atomic E-state index is 13.4. The molecule has 0 aromatic heterocycles. The zero-order valence-electron chi connectivity index (χ0n) is 11.2. The number of hydrogen-bond donors (Lipinski definition) is 2. The van der Waals surface area contributed by atoms with Gasteiger partial charge < -0.3 is 9.84 Å². The number of hydrogen-bond acceptors (Lipinski definition) is 5. The third-order valence-corrected chi connectivity index (χ3v) is 3.63. The molecule has 0 aliphatic heterocycles. The highest BCUT2D eigenvalue weighted by molar-refractivity contribution is 7.92. The standard InChI is InChI=1S/C13H14FNO5S/c1-20-13(17)6-8-21(18,19)15-11-4-5-12(14)10(9-11)3-2-7-16/h4-5,9,15-16H,6-8H2,1H3. The van der Waals surface area contributed by atoms with E-state index in [1.165, 1.54) is 12.1 Å². The van der Waals surface area contributed by atoms with Crippen LogP contribution >= 0.6 is 0 Å². The average Bonchev–Trinajstić information content (AvgIpc) is 2.45. The number of carbonyl (C=O) groups excluding carboxylic acids is 1. The fourth-order valence-electron chi connectivity index (χ4n) is 1.37. The molecule has 0 aliphatic rings. The van der Waals surface area contributed by atoms with E-state index in [9.17, 15) is 17.6 Å². The molecule has 1 aromatic carbocycles. The lowest BCUT2D eigenvalue weighted by molar-refractivity contribution is -0.140. The molecule has 1 rings (SSSR count). The fraction of sp³-hybridized carbons (Fsp3) is 0.308. The SMILES string of the molecule is COC(=O)CCS(=O)(=O)Nc1ccc(F)c(C#CCO)c1. The van der Waals surface area contributed by atoms with Crippen LogP contribution < -0.4 is 4.72 Å². The van der Waals surface area contributed by atoms with Crippen molar-refractivity contribution in [3.05, 3.63) is 29.6 Å². The smallest absolute Gasteiger partial charge is 0.306 e. The van der Waals surface area contributed by atoms with Gasteiger partial charge in [-0.3, -0.25) is 9.52 Å². The van der Waals surface area contributed by atoms with Crippen molar-refractivity contribution in [3.63, 3.8) is 0 Å². The third kappa shape index (κ3) is 5.81. The number of esters is 1. The number of methoxy groups -OCH3 is 1. The number of sulfonamides is 1. The molecule has 8 heteroatoms. The van der Waals surface area contributed by atoms with Crippen LogP contribution in [0.2, 0.25) is 0 Å². The van der Waals surface area contributed by atoms with E-state index in [0.717, 1.165) is 13.2 Å². The first-order valence-corrected chi connectivity index (χ1v) is 7.50. The second-order valence-electron chi connectivity index (χ2n) is 3.90. The molecular weight excluding hydrogens is 301 g/mol. The Balaban J connectivity index is 2.85. The molecule has 0 aliphatic carbocycles. The summed E-state index contributed by atoms with van der Waals surface area (Å²) in [4.78, 5) is 10.9. The first-order chi connectivity index (χ1) is 9.88. The van der Waals surface area contributed by atoms with Gasteiger partial charge in [-0.15, -0.1) is 0 Å². The Morgan fingerprint density at radius 1 is 1.48 bits per heavy atom. The van der Waals surface area contributed by atoms with E-state index in [-0.39, 0.29) is 17.7 Å². The van der Waals surface area contributed by atoms with Gasteiger partial charge in [-0.05, 0) is 18.2 Å². The lowest BCUT2D eigenvalue weighted by atomic mass is 10.2. The van der Waals surface area contributed by atoms with Gasteiger partial charge in [-0.1, -0.05) is 11.8 Å².